The molecule has 5 heteroatoms. The number of ether oxygens (including phenoxy) is 1. The minimum Gasteiger partial charge on any atom is -0.478 e. The standard InChI is InChI=1S/C24H38O4.C6H5F/c1-3-5-7-9-11-13-16-20-17-15-18-21(22(20)23(25)26)24(27)28-19-14-12-10-8-6-4-2;7-6-4-2-1-3-5-6/h15,17-18H,3-14,16,19H2,1-2H3,(H,25,26);1-5H. The van der Waals surface area contributed by atoms with Gasteiger partial charge in [0.2, 0.25) is 0 Å². The van der Waals surface area contributed by atoms with Crippen LogP contribution in [0.1, 0.15) is 117 Å². The van der Waals surface area contributed by atoms with Crippen LogP contribution in [0.2, 0.25) is 0 Å². The average Bonchev–Trinajstić information content (AvgIpc) is 2.86. The maximum Gasteiger partial charge on any atom is 0.339 e. The lowest BCUT2D eigenvalue weighted by Gasteiger charge is -2.12. The molecule has 0 fully saturated rings. The molecule has 0 saturated carbocycles. The van der Waals surface area contributed by atoms with Crippen LogP contribution in [0.15, 0.2) is 48.5 Å². The molecule has 2 aromatic rings. The lowest BCUT2D eigenvalue weighted by Crippen LogP contribution is -2.15. The first kappa shape index (κ1) is 30.3. The van der Waals surface area contributed by atoms with E-state index in [2.05, 4.69) is 13.8 Å². The SMILES string of the molecule is CCCCCCCCOC(=O)c1cccc(CCCCCCCC)c1C(=O)O.Fc1ccccc1. The van der Waals surface area contributed by atoms with E-state index >= 15 is 0 Å². The molecule has 0 aliphatic carbocycles. The van der Waals surface area contributed by atoms with Crippen molar-refractivity contribution in [3.05, 3.63) is 71.0 Å². The Kier molecular flexibility index (Phi) is 17.0. The fourth-order valence-corrected chi connectivity index (χ4v) is 3.87. The number of aromatic carboxylic acids is 1. The van der Waals surface area contributed by atoms with Gasteiger partial charge in [0, 0.05) is 0 Å². The lowest BCUT2D eigenvalue weighted by atomic mass is 9.96. The van der Waals surface area contributed by atoms with Crippen molar-refractivity contribution < 1.29 is 23.8 Å². The number of carboxylic acid groups (broad SMARTS) is 1. The summed E-state index contributed by atoms with van der Waals surface area (Å²) in [4.78, 5) is 24.2. The number of benzene rings is 2. The van der Waals surface area contributed by atoms with Crippen LogP contribution in [-0.4, -0.2) is 23.7 Å². The highest BCUT2D eigenvalue weighted by Gasteiger charge is 2.21. The normalized spacial score (nSPS) is 10.4. The molecule has 0 aromatic heterocycles. The molecule has 4 nitrogen and oxygen atoms in total. The summed E-state index contributed by atoms with van der Waals surface area (Å²) in [5.41, 5.74) is 1.03. The van der Waals surface area contributed by atoms with Crippen LogP contribution in [0.25, 0.3) is 0 Å². The number of halogens is 1. The predicted molar refractivity (Wildman–Crippen MR) is 141 cm³/mol. The van der Waals surface area contributed by atoms with Crippen molar-refractivity contribution in [3.8, 4) is 0 Å². The third-order valence-electron chi connectivity index (χ3n) is 5.85. The number of carbonyl (C=O) groups is 2. The summed E-state index contributed by atoms with van der Waals surface area (Å²) in [6.45, 7) is 4.73. The molecule has 194 valence electrons. The van der Waals surface area contributed by atoms with Crippen molar-refractivity contribution in [3.63, 3.8) is 0 Å². The van der Waals surface area contributed by atoms with Gasteiger partial charge in [-0.1, -0.05) is 108 Å². The van der Waals surface area contributed by atoms with Gasteiger partial charge in [0.1, 0.15) is 5.82 Å². The van der Waals surface area contributed by atoms with Gasteiger partial charge in [0.25, 0.3) is 0 Å². The van der Waals surface area contributed by atoms with E-state index in [1.165, 1.54) is 57.1 Å². The zero-order chi connectivity index (χ0) is 25.7. The Hall–Kier alpha value is -2.69. The monoisotopic (exact) mass is 486 g/mol. The van der Waals surface area contributed by atoms with Gasteiger partial charge in [0.15, 0.2) is 0 Å². The molecule has 0 atom stereocenters. The van der Waals surface area contributed by atoms with E-state index in [0.717, 1.165) is 37.7 Å². The summed E-state index contributed by atoms with van der Waals surface area (Å²) in [6, 6.07) is 13.1. The van der Waals surface area contributed by atoms with Crippen LogP contribution < -0.4 is 0 Å². The highest BCUT2D eigenvalue weighted by molar-refractivity contribution is 6.03. The number of aryl methyl sites for hydroxylation is 1. The summed E-state index contributed by atoms with van der Waals surface area (Å²) >= 11 is 0. The fourth-order valence-electron chi connectivity index (χ4n) is 3.87. The number of rotatable bonds is 16. The van der Waals surface area contributed by atoms with E-state index in [0.29, 0.717) is 13.0 Å². The minimum atomic E-state index is -1.05. The number of carbonyl (C=O) groups excluding carboxylic acids is 1. The molecule has 0 saturated heterocycles. The van der Waals surface area contributed by atoms with Gasteiger partial charge in [0.05, 0.1) is 17.7 Å². The second-order valence-corrected chi connectivity index (χ2v) is 8.86. The number of carboxylic acids is 1. The van der Waals surface area contributed by atoms with Crippen molar-refractivity contribution in [2.45, 2.75) is 97.3 Å². The van der Waals surface area contributed by atoms with Crippen LogP contribution in [0.5, 0.6) is 0 Å². The van der Waals surface area contributed by atoms with Crippen molar-refractivity contribution in [2.24, 2.45) is 0 Å². The number of hydrogen-bond acceptors (Lipinski definition) is 3. The molecule has 2 aromatic carbocycles. The van der Waals surface area contributed by atoms with E-state index in [1.54, 1.807) is 30.3 Å². The van der Waals surface area contributed by atoms with Crippen molar-refractivity contribution in [1.82, 2.24) is 0 Å². The summed E-state index contributed by atoms with van der Waals surface area (Å²) in [5, 5.41) is 9.65. The molecule has 1 N–H and O–H groups in total. The molecule has 35 heavy (non-hydrogen) atoms. The molecule has 0 unspecified atom stereocenters. The second-order valence-electron chi connectivity index (χ2n) is 8.86. The molecular formula is C30H43FO4. The maximum atomic E-state index is 12.4. The van der Waals surface area contributed by atoms with Gasteiger partial charge in [-0.15, -0.1) is 0 Å². The van der Waals surface area contributed by atoms with E-state index in [-0.39, 0.29) is 16.9 Å². The van der Waals surface area contributed by atoms with E-state index < -0.39 is 11.9 Å². The third kappa shape index (κ3) is 13.7. The molecule has 2 rings (SSSR count). The fraction of sp³-hybridized carbons (Fsp3) is 0.533. The largest absolute Gasteiger partial charge is 0.478 e. The van der Waals surface area contributed by atoms with Gasteiger partial charge < -0.3 is 9.84 Å². The van der Waals surface area contributed by atoms with E-state index in [1.807, 2.05) is 6.07 Å². The molecule has 0 aliphatic heterocycles. The van der Waals surface area contributed by atoms with Crippen molar-refractivity contribution >= 4 is 11.9 Å². The van der Waals surface area contributed by atoms with E-state index in [9.17, 15) is 19.1 Å². The van der Waals surface area contributed by atoms with Gasteiger partial charge in [-0.25, -0.2) is 14.0 Å². The Bertz CT molecular complexity index is 836. The number of hydrogen-bond donors (Lipinski definition) is 1. The zero-order valence-corrected chi connectivity index (χ0v) is 21.6. The Morgan fingerprint density at radius 1 is 0.743 bits per heavy atom. The first-order chi connectivity index (χ1) is 17.0. The Morgan fingerprint density at radius 3 is 1.86 bits per heavy atom. The molecule has 0 bridgehead atoms. The van der Waals surface area contributed by atoms with Crippen LogP contribution >= 0.6 is 0 Å². The molecule has 0 spiro atoms. The highest BCUT2D eigenvalue weighted by Crippen LogP contribution is 2.20. The third-order valence-corrected chi connectivity index (χ3v) is 5.85. The molecule has 0 radical (unpaired) electrons. The minimum absolute atomic E-state index is 0.115. The predicted octanol–water partition coefficient (Wildman–Crippen LogP) is 8.63. The van der Waals surface area contributed by atoms with E-state index in [4.69, 9.17) is 4.74 Å². The molecule has 0 amide bonds. The summed E-state index contributed by atoms with van der Waals surface area (Å²) in [7, 11) is 0. The Balaban J connectivity index is 0.000000744. The van der Waals surface area contributed by atoms with Crippen LogP contribution in [0, 0.1) is 5.82 Å². The summed E-state index contributed by atoms with van der Waals surface area (Å²) in [5.74, 6) is -1.74. The Labute approximate surface area is 210 Å². The van der Waals surface area contributed by atoms with Crippen LogP contribution in [0.4, 0.5) is 4.39 Å². The molecule has 0 heterocycles. The number of unbranched alkanes of at least 4 members (excludes halogenated alkanes) is 10. The Morgan fingerprint density at radius 2 is 1.31 bits per heavy atom. The lowest BCUT2D eigenvalue weighted by molar-refractivity contribution is 0.0487. The van der Waals surface area contributed by atoms with Crippen LogP contribution in [0.3, 0.4) is 0 Å². The quantitative estimate of drug-likeness (QED) is 0.190. The molecule has 0 aliphatic rings. The van der Waals surface area contributed by atoms with Crippen molar-refractivity contribution in [1.29, 1.82) is 0 Å². The molecular weight excluding hydrogens is 443 g/mol. The number of esters is 1. The average molecular weight is 487 g/mol. The van der Waals surface area contributed by atoms with Gasteiger partial charge in [-0.05, 0) is 43.0 Å². The first-order valence-electron chi connectivity index (χ1n) is 13.2. The highest BCUT2D eigenvalue weighted by atomic mass is 19.1. The van der Waals surface area contributed by atoms with Crippen molar-refractivity contribution in [2.75, 3.05) is 6.61 Å². The summed E-state index contributed by atoms with van der Waals surface area (Å²) < 4.78 is 17.3. The summed E-state index contributed by atoms with van der Waals surface area (Å²) in [6.07, 6.45) is 14.3. The van der Waals surface area contributed by atoms with Gasteiger partial charge >= 0.3 is 11.9 Å². The maximum absolute atomic E-state index is 12.4. The first-order valence-corrected chi connectivity index (χ1v) is 13.2. The zero-order valence-electron chi connectivity index (χ0n) is 21.6. The second kappa shape index (κ2) is 19.6. The van der Waals surface area contributed by atoms with Gasteiger partial charge in [-0.3, -0.25) is 0 Å². The van der Waals surface area contributed by atoms with Crippen LogP contribution in [-0.2, 0) is 11.2 Å². The smallest absolute Gasteiger partial charge is 0.339 e. The van der Waals surface area contributed by atoms with Gasteiger partial charge in [-0.2, -0.15) is 0 Å². The topological polar surface area (TPSA) is 63.6 Å².